The number of hydrogen-bond acceptors (Lipinski definition) is 3. The van der Waals surface area contributed by atoms with Crippen LogP contribution in [0.15, 0.2) is 10.6 Å². The number of aromatic nitrogens is 1. The number of amides is 1. The maximum atomic E-state index is 11.9. The summed E-state index contributed by atoms with van der Waals surface area (Å²) >= 11 is 0. The highest BCUT2D eigenvalue weighted by molar-refractivity contribution is 5.92. The fourth-order valence-electron chi connectivity index (χ4n) is 1.73. The van der Waals surface area contributed by atoms with E-state index in [0.717, 1.165) is 0 Å². The first-order valence-electron chi connectivity index (χ1n) is 5.30. The molecular weight excluding hydrogens is 192 g/mol. The lowest BCUT2D eigenvalue weighted by Crippen LogP contribution is -2.36. The Hall–Kier alpha value is -1.32. The SMILES string of the molecule is Cc1cc(C(=O)N(C)C(C)C2CC2)no1. The summed E-state index contributed by atoms with van der Waals surface area (Å²) in [5.74, 6) is 1.30. The highest BCUT2D eigenvalue weighted by Gasteiger charge is 2.33. The van der Waals surface area contributed by atoms with Crippen molar-refractivity contribution in [3.05, 3.63) is 17.5 Å². The smallest absolute Gasteiger partial charge is 0.276 e. The molecule has 0 saturated heterocycles. The molecule has 0 bridgehead atoms. The molecule has 1 aromatic heterocycles. The summed E-state index contributed by atoms with van der Waals surface area (Å²) in [5.41, 5.74) is 0.405. The summed E-state index contributed by atoms with van der Waals surface area (Å²) in [4.78, 5) is 13.7. The molecule has 1 heterocycles. The molecule has 1 fully saturated rings. The number of carbonyl (C=O) groups excluding carboxylic acids is 1. The molecule has 1 amide bonds. The van der Waals surface area contributed by atoms with Crippen molar-refractivity contribution in [2.75, 3.05) is 7.05 Å². The van der Waals surface area contributed by atoms with Gasteiger partial charge in [-0.3, -0.25) is 4.79 Å². The third-order valence-corrected chi connectivity index (χ3v) is 3.08. The molecule has 0 aliphatic heterocycles. The molecule has 1 saturated carbocycles. The Bertz CT molecular complexity index is 368. The Balaban J connectivity index is 2.06. The van der Waals surface area contributed by atoms with Gasteiger partial charge in [-0.2, -0.15) is 0 Å². The first kappa shape index (κ1) is 10.2. The van der Waals surface area contributed by atoms with Gasteiger partial charge in [-0.05, 0) is 32.6 Å². The summed E-state index contributed by atoms with van der Waals surface area (Å²) in [6.07, 6.45) is 2.47. The summed E-state index contributed by atoms with van der Waals surface area (Å²) < 4.78 is 4.89. The maximum absolute atomic E-state index is 11.9. The van der Waals surface area contributed by atoms with Crippen LogP contribution >= 0.6 is 0 Å². The first-order valence-corrected chi connectivity index (χ1v) is 5.30. The second-order valence-electron chi connectivity index (χ2n) is 4.32. The lowest BCUT2D eigenvalue weighted by Gasteiger charge is -2.23. The zero-order chi connectivity index (χ0) is 11.0. The van der Waals surface area contributed by atoms with E-state index in [9.17, 15) is 4.79 Å². The Kier molecular flexibility index (Phi) is 2.50. The number of carbonyl (C=O) groups is 1. The largest absolute Gasteiger partial charge is 0.361 e. The van der Waals surface area contributed by atoms with Gasteiger partial charge in [0.2, 0.25) is 0 Å². The van der Waals surface area contributed by atoms with Crippen molar-refractivity contribution in [1.82, 2.24) is 10.1 Å². The molecule has 82 valence electrons. The number of rotatable bonds is 3. The molecule has 1 aliphatic rings. The topological polar surface area (TPSA) is 46.3 Å². The molecule has 0 radical (unpaired) electrons. The molecule has 0 aromatic carbocycles. The third-order valence-electron chi connectivity index (χ3n) is 3.08. The van der Waals surface area contributed by atoms with Crippen LogP contribution in [0.3, 0.4) is 0 Å². The summed E-state index contributed by atoms with van der Waals surface area (Å²) in [6.45, 7) is 3.87. The quantitative estimate of drug-likeness (QED) is 0.761. The summed E-state index contributed by atoms with van der Waals surface area (Å²) in [5, 5.41) is 3.73. The molecular formula is C11H16N2O2. The highest BCUT2D eigenvalue weighted by Crippen LogP contribution is 2.34. The highest BCUT2D eigenvalue weighted by atomic mass is 16.5. The molecule has 0 spiro atoms. The molecule has 1 atom stereocenters. The van der Waals surface area contributed by atoms with E-state index in [-0.39, 0.29) is 5.91 Å². The molecule has 4 nitrogen and oxygen atoms in total. The number of nitrogens with zero attached hydrogens (tertiary/aromatic N) is 2. The average molecular weight is 208 g/mol. The molecule has 2 rings (SSSR count). The monoisotopic (exact) mass is 208 g/mol. The number of hydrogen-bond donors (Lipinski definition) is 0. The fourth-order valence-corrected chi connectivity index (χ4v) is 1.73. The Labute approximate surface area is 89.2 Å². The van der Waals surface area contributed by atoms with Gasteiger partial charge < -0.3 is 9.42 Å². The predicted molar refractivity (Wildman–Crippen MR) is 55.5 cm³/mol. The van der Waals surface area contributed by atoms with Gasteiger partial charge in [0.25, 0.3) is 5.91 Å². The predicted octanol–water partition coefficient (Wildman–Crippen LogP) is 1.85. The Morgan fingerprint density at radius 1 is 1.67 bits per heavy atom. The maximum Gasteiger partial charge on any atom is 0.276 e. The minimum atomic E-state index is -0.0498. The minimum absolute atomic E-state index is 0.0498. The fraction of sp³-hybridized carbons (Fsp3) is 0.636. The van der Waals surface area contributed by atoms with E-state index in [1.807, 2.05) is 7.05 Å². The van der Waals surface area contributed by atoms with Crippen molar-refractivity contribution < 1.29 is 9.32 Å². The second-order valence-corrected chi connectivity index (χ2v) is 4.32. The van der Waals surface area contributed by atoms with E-state index in [0.29, 0.717) is 23.4 Å². The molecule has 1 unspecified atom stereocenters. The second kappa shape index (κ2) is 3.68. The molecule has 15 heavy (non-hydrogen) atoms. The van der Waals surface area contributed by atoms with Crippen LogP contribution in [0.2, 0.25) is 0 Å². The molecule has 0 N–H and O–H groups in total. The van der Waals surface area contributed by atoms with Gasteiger partial charge >= 0.3 is 0 Å². The van der Waals surface area contributed by atoms with Crippen LogP contribution in [0.5, 0.6) is 0 Å². The van der Waals surface area contributed by atoms with Crippen LogP contribution in [0.1, 0.15) is 36.0 Å². The summed E-state index contributed by atoms with van der Waals surface area (Å²) in [7, 11) is 1.83. The normalized spacial score (nSPS) is 17.5. The van der Waals surface area contributed by atoms with Crippen LogP contribution in [-0.4, -0.2) is 29.1 Å². The van der Waals surface area contributed by atoms with Crippen LogP contribution in [0.25, 0.3) is 0 Å². The van der Waals surface area contributed by atoms with Gasteiger partial charge in [-0.15, -0.1) is 0 Å². The van der Waals surface area contributed by atoms with Crippen molar-refractivity contribution in [2.24, 2.45) is 5.92 Å². The molecule has 1 aliphatic carbocycles. The van der Waals surface area contributed by atoms with Crippen molar-refractivity contribution in [1.29, 1.82) is 0 Å². The van der Waals surface area contributed by atoms with Gasteiger partial charge in [0.05, 0.1) is 0 Å². The zero-order valence-electron chi connectivity index (χ0n) is 9.36. The third kappa shape index (κ3) is 2.03. The average Bonchev–Trinajstić information content (AvgIpc) is 2.98. The Morgan fingerprint density at radius 3 is 2.80 bits per heavy atom. The van der Waals surface area contributed by atoms with Crippen molar-refractivity contribution in [2.45, 2.75) is 32.7 Å². The van der Waals surface area contributed by atoms with Crippen molar-refractivity contribution in [3.63, 3.8) is 0 Å². The lowest BCUT2D eigenvalue weighted by atomic mass is 10.2. The molecule has 1 aromatic rings. The van der Waals surface area contributed by atoms with Crippen LogP contribution < -0.4 is 0 Å². The van der Waals surface area contributed by atoms with Gasteiger partial charge in [0.1, 0.15) is 5.76 Å². The summed E-state index contributed by atoms with van der Waals surface area (Å²) in [6, 6.07) is 1.98. The van der Waals surface area contributed by atoms with E-state index < -0.39 is 0 Å². The lowest BCUT2D eigenvalue weighted by molar-refractivity contribution is 0.0717. The van der Waals surface area contributed by atoms with Crippen LogP contribution in [0, 0.1) is 12.8 Å². The van der Waals surface area contributed by atoms with E-state index >= 15 is 0 Å². The minimum Gasteiger partial charge on any atom is -0.361 e. The number of aryl methyl sites for hydroxylation is 1. The first-order chi connectivity index (χ1) is 7.09. The standard InChI is InChI=1S/C11H16N2O2/c1-7-6-10(12-15-7)11(14)13(3)8(2)9-4-5-9/h6,8-9H,4-5H2,1-3H3. The van der Waals surface area contributed by atoms with Crippen molar-refractivity contribution in [3.8, 4) is 0 Å². The van der Waals surface area contributed by atoms with Crippen LogP contribution in [0.4, 0.5) is 0 Å². The van der Waals surface area contributed by atoms with E-state index in [1.165, 1.54) is 12.8 Å². The van der Waals surface area contributed by atoms with Gasteiger partial charge in [-0.1, -0.05) is 5.16 Å². The van der Waals surface area contributed by atoms with E-state index in [4.69, 9.17) is 4.52 Å². The van der Waals surface area contributed by atoms with Gasteiger partial charge in [-0.25, -0.2) is 0 Å². The van der Waals surface area contributed by atoms with Crippen molar-refractivity contribution >= 4 is 5.91 Å². The van der Waals surface area contributed by atoms with Gasteiger partial charge in [0, 0.05) is 19.2 Å². The Morgan fingerprint density at radius 2 is 2.33 bits per heavy atom. The molecule has 4 heteroatoms. The zero-order valence-corrected chi connectivity index (χ0v) is 9.36. The van der Waals surface area contributed by atoms with Gasteiger partial charge in [0.15, 0.2) is 5.69 Å². The van der Waals surface area contributed by atoms with E-state index in [1.54, 1.807) is 17.9 Å². The van der Waals surface area contributed by atoms with Crippen LogP contribution in [-0.2, 0) is 0 Å². The van der Waals surface area contributed by atoms with E-state index in [2.05, 4.69) is 12.1 Å².